The number of nitrogens with zero attached hydrogens (tertiary/aromatic N) is 2. The maximum absolute atomic E-state index is 5.86. The van der Waals surface area contributed by atoms with Gasteiger partial charge >= 0.3 is 0 Å². The number of pyridine rings is 1. The summed E-state index contributed by atoms with van der Waals surface area (Å²) in [4.78, 5) is 4.46. The molecule has 0 unspecified atom stereocenters. The third kappa shape index (κ3) is 2.56. The molecule has 2 heterocycles. The minimum absolute atomic E-state index is 0.503. The van der Waals surface area contributed by atoms with Gasteiger partial charge in [-0.1, -0.05) is 23.7 Å². The summed E-state index contributed by atoms with van der Waals surface area (Å²) in [5.74, 6) is 0.783. The minimum atomic E-state index is 0.503. The Kier molecular flexibility index (Phi) is 3.13. The number of imidazole rings is 1. The van der Waals surface area contributed by atoms with Gasteiger partial charge in [0.15, 0.2) is 11.4 Å². The number of halogens is 1. The van der Waals surface area contributed by atoms with Gasteiger partial charge in [0, 0.05) is 17.4 Å². The molecule has 0 saturated heterocycles. The van der Waals surface area contributed by atoms with E-state index in [9.17, 15) is 0 Å². The van der Waals surface area contributed by atoms with E-state index in [0.717, 1.165) is 27.7 Å². The highest BCUT2D eigenvalue weighted by atomic mass is 35.5. The fraction of sp³-hybridized carbons (Fsp3) is 0.133. The van der Waals surface area contributed by atoms with Crippen LogP contribution in [0.15, 0.2) is 48.8 Å². The van der Waals surface area contributed by atoms with Crippen LogP contribution in [0.3, 0.4) is 0 Å². The first-order valence-corrected chi connectivity index (χ1v) is 6.42. The fourth-order valence-corrected chi connectivity index (χ4v) is 2.09. The lowest BCUT2D eigenvalue weighted by atomic mass is 10.2. The van der Waals surface area contributed by atoms with Crippen molar-refractivity contribution in [2.45, 2.75) is 13.5 Å². The molecular weight excluding hydrogens is 260 g/mol. The van der Waals surface area contributed by atoms with Gasteiger partial charge in [-0.05, 0) is 36.8 Å². The summed E-state index contributed by atoms with van der Waals surface area (Å²) in [6.45, 7) is 2.47. The Morgan fingerprint density at radius 3 is 2.79 bits per heavy atom. The molecule has 0 aliphatic rings. The number of hydrogen-bond donors (Lipinski definition) is 0. The van der Waals surface area contributed by atoms with Gasteiger partial charge in [-0.25, -0.2) is 4.98 Å². The van der Waals surface area contributed by atoms with E-state index in [4.69, 9.17) is 16.3 Å². The second kappa shape index (κ2) is 4.94. The quantitative estimate of drug-likeness (QED) is 0.723. The monoisotopic (exact) mass is 272 g/mol. The molecular formula is C15H13ClN2O. The number of ether oxygens (including phenoxy) is 1. The van der Waals surface area contributed by atoms with E-state index in [2.05, 4.69) is 4.98 Å². The van der Waals surface area contributed by atoms with Crippen molar-refractivity contribution in [2.75, 3.05) is 0 Å². The van der Waals surface area contributed by atoms with Crippen LogP contribution in [0.1, 0.15) is 11.3 Å². The minimum Gasteiger partial charge on any atom is -0.485 e. The van der Waals surface area contributed by atoms with Crippen LogP contribution in [0.4, 0.5) is 0 Å². The van der Waals surface area contributed by atoms with Crippen LogP contribution in [0, 0.1) is 6.92 Å². The van der Waals surface area contributed by atoms with E-state index in [1.807, 2.05) is 60.1 Å². The average Bonchev–Trinajstić information content (AvgIpc) is 2.79. The van der Waals surface area contributed by atoms with Gasteiger partial charge in [-0.2, -0.15) is 0 Å². The van der Waals surface area contributed by atoms with Crippen molar-refractivity contribution in [3.8, 4) is 5.75 Å². The predicted octanol–water partition coefficient (Wildman–Crippen LogP) is 3.88. The Balaban J connectivity index is 1.83. The van der Waals surface area contributed by atoms with Crippen molar-refractivity contribution >= 4 is 17.2 Å². The predicted molar refractivity (Wildman–Crippen MR) is 75.7 cm³/mol. The highest BCUT2D eigenvalue weighted by molar-refractivity contribution is 6.30. The van der Waals surface area contributed by atoms with Crippen LogP contribution >= 0.6 is 11.6 Å². The lowest BCUT2D eigenvalue weighted by Crippen LogP contribution is -1.97. The van der Waals surface area contributed by atoms with E-state index in [1.165, 1.54) is 0 Å². The zero-order valence-electron chi connectivity index (χ0n) is 10.5. The average molecular weight is 273 g/mol. The van der Waals surface area contributed by atoms with Crippen molar-refractivity contribution in [1.82, 2.24) is 9.38 Å². The van der Waals surface area contributed by atoms with Gasteiger partial charge in [0.1, 0.15) is 6.61 Å². The van der Waals surface area contributed by atoms with Crippen molar-refractivity contribution < 1.29 is 4.74 Å². The molecule has 3 aromatic rings. The van der Waals surface area contributed by atoms with E-state index in [1.54, 1.807) is 0 Å². The molecule has 2 aromatic heterocycles. The Labute approximate surface area is 116 Å². The molecule has 0 saturated carbocycles. The molecule has 0 N–H and O–H groups in total. The number of rotatable bonds is 3. The number of aromatic nitrogens is 2. The maximum Gasteiger partial charge on any atom is 0.179 e. The molecule has 0 atom stereocenters. The summed E-state index contributed by atoms with van der Waals surface area (Å²) in [6, 6.07) is 11.5. The maximum atomic E-state index is 5.86. The first-order valence-electron chi connectivity index (χ1n) is 6.04. The zero-order valence-corrected chi connectivity index (χ0v) is 11.3. The molecule has 0 radical (unpaired) electrons. The standard InChI is InChI=1S/C15H13ClN2O/c1-11-9-18-8-2-3-14(15(18)17-11)19-10-12-4-6-13(16)7-5-12/h2-9H,10H2,1H3. The smallest absolute Gasteiger partial charge is 0.179 e. The molecule has 0 fully saturated rings. The summed E-state index contributed by atoms with van der Waals surface area (Å²) in [5.41, 5.74) is 2.89. The van der Waals surface area contributed by atoms with Gasteiger partial charge in [0.2, 0.25) is 0 Å². The fourth-order valence-electron chi connectivity index (χ4n) is 1.96. The largest absolute Gasteiger partial charge is 0.485 e. The van der Waals surface area contributed by atoms with E-state index < -0.39 is 0 Å². The molecule has 0 bridgehead atoms. The van der Waals surface area contributed by atoms with Crippen molar-refractivity contribution in [1.29, 1.82) is 0 Å². The first kappa shape index (κ1) is 12.1. The van der Waals surface area contributed by atoms with Crippen molar-refractivity contribution in [2.24, 2.45) is 0 Å². The highest BCUT2D eigenvalue weighted by Crippen LogP contribution is 2.20. The third-order valence-electron chi connectivity index (χ3n) is 2.87. The molecule has 96 valence electrons. The second-order valence-corrected chi connectivity index (χ2v) is 4.84. The molecule has 1 aromatic carbocycles. The molecule has 3 nitrogen and oxygen atoms in total. The lowest BCUT2D eigenvalue weighted by molar-refractivity contribution is 0.308. The molecule has 4 heteroatoms. The van der Waals surface area contributed by atoms with Gasteiger partial charge in [0.25, 0.3) is 0 Å². The van der Waals surface area contributed by atoms with Crippen LogP contribution in [-0.4, -0.2) is 9.38 Å². The molecule has 0 spiro atoms. The van der Waals surface area contributed by atoms with Gasteiger partial charge in [-0.3, -0.25) is 0 Å². The normalized spacial score (nSPS) is 10.8. The van der Waals surface area contributed by atoms with Crippen molar-refractivity contribution in [3.05, 3.63) is 65.1 Å². The van der Waals surface area contributed by atoms with Crippen LogP contribution in [-0.2, 0) is 6.61 Å². The lowest BCUT2D eigenvalue weighted by Gasteiger charge is -2.07. The first-order chi connectivity index (χ1) is 9.22. The summed E-state index contributed by atoms with van der Waals surface area (Å²) in [5, 5.41) is 0.731. The van der Waals surface area contributed by atoms with E-state index in [0.29, 0.717) is 6.61 Å². The molecule has 0 aliphatic carbocycles. The third-order valence-corrected chi connectivity index (χ3v) is 3.13. The number of benzene rings is 1. The Hall–Kier alpha value is -2.00. The summed E-state index contributed by atoms with van der Waals surface area (Å²) >= 11 is 5.86. The van der Waals surface area contributed by atoms with Crippen molar-refractivity contribution in [3.63, 3.8) is 0 Å². The topological polar surface area (TPSA) is 26.5 Å². The van der Waals surface area contributed by atoms with Crippen LogP contribution in [0.25, 0.3) is 5.65 Å². The molecule has 0 amide bonds. The summed E-state index contributed by atoms with van der Waals surface area (Å²) < 4.78 is 7.80. The second-order valence-electron chi connectivity index (χ2n) is 4.40. The van der Waals surface area contributed by atoms with E-state index >= 15 is 0 Å². The Morgan fingerprint density at radius 1 is 1.21 bits per heavy atom. The van der Waals surface area contributed by atoms with Crippen LogP contribution in [0.5, 0.6) is 5.75 Å². The van der Waals surface area contributed by atoms with Gasteiger partial charge in [-0.15, -0.1) is 0 Å². The van der Waals surface area contributed by atoms with Crippen LogP contribution in [0.2, 0.25) is 5.02 Å². The van der Waals surface area contributed by atoms with Gasteiger partial charge < -0.3 is 9.14 Å². The summed E-state index contributed by atoms with van der Waals surface area (Å²) in [6.07, 6.45) is 3.94. The number of aryl methyl sites for hydroxylation is 1. The zero-order chi connectivity index (χ0) is 13.2. The SMILES string of the molecule is Cc1cn2cccc(OCc3ccc(Cl)cc3)c2n1. The Bertz CT molecular complexity index is 704. The molecule has 0 aliphatic heterocycles. The number of hydrogen-bond acceptors (Lipinski definition) is 2. The van der Waals surface area contributed by atoms with Gasteiger partial charge in [0.05, 0.1) is 5.69 Å². The van der Waals surface area contributed by atoms with E-state index in [-0.39, 0.29) is 0 Å². The summed E-state index contributed by atoms with van der Waals surface area (Å²) in [7, 11) is 0. The molecule has 3 rings (SSSR count). The number of fused-ring (bicyclic) bond motifs is 1. The highest BCUT2D eigenvalue weighted by Gasteiger charge is 2.05. The Morgan fingerprint density at radius 2 is 2.00 bits per heavy atom. The van der Waals surface area contributed by atoms with Crippen LogP contribution < -0.4 is 4.74 Å². The molecule has 19 heavy (non-hydrogen) atoms.